The molecule has 4 aliphatic rings. The highest BCUT2D eigenvalue weighted by Crippen LogP contribution is 2.69. The van der Waals surface area contributed by atoms with E-state index < -0.39 is 35.7 Å². The molecule has 1 N–H and O–H groups in total. The fourth-order valence-electron chi connectivity index (χ4n) is 8.60. The van der Waals surface area contributed by atoms with Gasteiger partial charge in [-0.05, 0) is 73.7 Å². The number of carbonyl (C=O) groups excluding carboxylic acids is 4. The minimum Gasteiger partial charge on any atom is -0.457 e. The smallest absolute Gasteiger partial charge is 0.306 e. The van der Waals surface area contributed by atoms with Crippen LogP contribution in [-0.4, -0.2) is 46.9 Å². The van der Waals surface area contributed by atoms with E-state index in [0.29, 0.717) is 32.1 Å². The van der Waals surface area contributed by atoms with Gasteiger partial charge in [0, 0.05) is 24.7 Å². The van der Waals surface area contributed by atoms with Crippen LogP contribution in [0.25, 0.3) is 0 Å². The van der Waals surface area contributed by atoms with Crippen molar-refractivity contribution in [2.75, 3.05) is 6.61 Å². The molecule has 7 nitrogen and oxygen atoms in total. The Morgan fingerprint density at radius 2 is 1.86 bits per heavy atom. The number of esters is 2. The van der Waals surface area contributed by atoms with Gasteiger partial charge in [0.15, 0.2) is 18.0 Å². The Morgan fingerprint density at radius 3 is 2.53 bits per heavy atom. The van der Waals surface area contributed by atoms with Gasteiger partial charge >= 0.3 is 11.9 Å². The summed E-state index contributed by atoms with van der Waals surface area (Å²) < 4.78 is 11.3. The first-order chi connectivity index (χ1) is 16.9. The molecule has 36 heavy (non-hydrogen) atoms. The van der Waals surface area contributed by atoms with Crippen LogP contribution in [-0.2, 0) is 28.7 Å². The summed E-state index contributed by atoms with van der Waals surface area (Å²) in [4.78, 5) is 50.7. The van der Waals surface area contributed by atoms with E-state index in [1.54, 1.807) is 6.92 Å². The molecule has 3 saturated carbocycles. The van der Waals surface area contributed by atoms with Crippen LogP contribution < -0.4 is 0 Å². The first kappa shape index (κ1) is 27.0. The normalized spacial score (nSPS) is 41.4. The third-order valence-electron chi connectivity index (χ3n) is 10.2. The van der Waals surface area contributed by atoms with E-state index in [1.807, 2.05) is 19.9 Å². The van der Waals surface area contributed by atoms with Crippen molar-refractivity contribution < 1.29 is 33.8 Å². The van der Waals surface area contributed by atoms with Crippen LogP contribution in [0.1, 0.15) is 92.4 Å². The van der Waals surface area contributed by atoms with Crippen molar-refractivity contribution in [3.8, 4) is 0 Å². The average molecular weight is 503 g/mol. The van der Waals surface area contributed by atoms with Gasteiger partial charge in [-0.2, -0.15) is 0 Å². The molecule has 4 rings (SSSR count). The molecule has 0 aliphatic heterocycles. The average Bonchev–Trinajstić information content (AvgIpc) is 3.10. The minimum absolute atomic E-state index is 0.0127. The Kier molecular flexibility index (Phi) is 7.28. The summed E-state index contributed by atoms with van der Waals surface area (Å²) in [5, 5.41) is 11.7. The van der Waals surface area contributed by atoms with Crippen molar-refractivity contribution in [3.63, 3.8) is 0 Å². The number of Topliss-reactive ketones (excluding diaryl/α,β-unsaturated/α-hetero) is 1. The fraction of sp³-hybridized carbons (Fsp3) is 0.793. The Labute approximate surface area is 214 Å². The molecule has 4 aliphatic carbocycles. The third-order valence-corrected chi connectivity index (χ3v) is 10.2. The Balaban J connectivity index is 1.73. The van der Waals surface area contributed by atoms with E-state index >= 15 is 0 Å². The second-order valence-electron chi connectivity index (χ2n) is 12.1. The topological polar surface area (TPSA) is 107 Å². The Hall–Kier alpha value is -2.02. The maximum Gasteiger partial charge on any atom is 0.306 e. The van der Waals surface area contributed by atoms with Gasteiger partial charge in [-0.1, -0.05) is 40.2 Å². The van der Waals surface area contributed by atoms with E-state index in [2.05, 4.69) is 13.8 Å². The molecule has 0 radical (unpaired) electrons. The molecule has 0 aromatic rings. The number of ether oxygens (including phenoxy) is 2. The number of hydrogen-bond donors (Lipinski definition) is 1. The number of aliphatic hydroxyl groups is 1. The number of ketones is 2. The quantitative estimate of drug-likeness (QED) is 0.516. The van der Waals surface area contributed by atoms with Crippen LogP contribution in [0.5, 0.6) is 0 Å². The van der Waals surface area contributed by atoms with Crippen LogP contribution in [0.4, 0.5) is 0 Å². The zero-order chi connectivity index (χ0) is 26.5. The van der Waals surface area contributed by atoms with Gasteiger partial charge in [-0.3, -0.25) is 19.2 Å². The van der Waals surface area contributed by atoms with Crippen molar-refractivity contribution >= 4 is 23.5 Å². The maximum atomic E-state index is 13.8. The molecule has 200 valence electrons. The van der Waals surface area contributed by atoms with Gasteiger partial charge in [-0.25, -0.2) is 0 Å². The molecule has 3 fully saturated rings. The summed E-state index contributed by atoms with van der Waals surface area (Å²) in [7, 11) is 0. The number of allylic oxidation sites excluding steroid dienone is 1. The van der Waals surface area contributed by atoms with Gasteiger partial charge in [0.05, 0.1) is 6.10 Å². The van der Waals surface area contributed by atoms with Gasteiger partial charge < -0.3 is 14.6 Å². The van der Waals surface area contributed by atoms with Crippen LogP contribution in [0.2, 0.25) is 0 Å². The van der Waals surface area contributed by atoms with E-state index in [9.17, 15) is 24.3 Å². The van der Waals surface area contributed by atoms with Gasteiger partial charge in [-0.15, -0.1) is 0 Å². The Bertz CT molecular complexity index is 969. The summed E-state index contributed by atoms with van der Waals surface area (Å²) in [6.45, 7) is 9.48. The molecular weight excluding hydrogens is 460 g/mol. The summed E-state index contributed by atoms with van der Waals surface area (Å²) >= 11 is 0. The highest BCUT2D eigenvalue weighted by Gasteiger charge is 2.71. The summed E-state index contributed by atoms with van der Waals surface area (Å²) in [6, 6.07) is 0. The first-order valence-corrected chi connectivity index (χ1v) is 13.8. The van der Waals surface area contributed by atoms with Crippen molar-refractivity contribution in [1.82, 2.24) is 0 Å². The monoisotopic (exact) mass is 502 g/mol. The van der Waals surface area contributed by atoms with Crippen LogP contribution in [0.3, 0.4) is 0 Å². The summed E-state index contributed by atoms with van der Waals surface area (Å²) in [5.41, 5.74) is -1.30. The second kappa shape index (κ2) is 9.70. The highest BCUT2D eigenvalue weighted by atomic mass is 16.6. The lowest BCUT2D eigenvalue weighted by atomic mass is 9.44. The molecule has 0 amide bonds. The molecule has 0 heterocycles. The highest BCUT2D eigenvalue weighted by molar-refractivity contribution is 5.93. The largest absolute Gasteiger partial charge is 0.457 e. The molecule has 0 aromatic heterocycles. The van der Waals surface area contributed by atoms with Crippen molar-refractivity contribution in [3.05, 3.63) is 11.6 Å². The zero-order valence-corrected chi connectivity index (χ0v) is 22.4. The third kappa shape index (κ3) is 4.06. The molecule has 0 saturated heterocycles. The molecule has 0 spiro atoms. The zero-order valence-electron chi connectivity index (χ0n) is 22.4. The van der Waals surface area contributed by atoms with E-state index in [4.69, 9.17) is 9.47 Å². The van der Waals surface area contributed by atoms with Crippen LogP contribution in [0.15, 0.2) is 11.6 Å². The molecule has 0 bridgehead atoms. The van der Waals surface area contributed by atoms with Gasteiger partial charge in [0.25, 0.3) is 0 Å². The molecule has 8 atom stereocenters. The molecule has 0 aromatic carbocycles. The molecule has 2 unspecified atom stereocenters. The summed E-state index contributed by atoms with van der Waals surface area (Å²) in [5.74, 6) is -0.712. The van der Waals surface area contributed by atoms with Crippen LogP contribution in [0, 0.1) is 34.5 Å². The lowest BCUT2D eigenvalue weighted by Gasteiger charge is -2.62. The molecule has 7 heteroatoms. The SMILES string of the molecule is CCCC(=O)O[C@]1(C(=O)COC(=O)CC)CC[C@H]2[C@@H]3CC(C)C4=CC(=O)CC[C@]4(C)[C@H]3C(O)C[C@@]21C. The number of hydrogen-bond acceptors (Lipinski definition) is 7. The van der Waals surface area contributed by atoms with Crippen molar-refractivity contribution in [1.29, 1.82) is 0 Å². The van der Waals surface area contributed by atoms with E-state index in [1.165, 1.54) is 0 Å². The number of rotatable bonds is 7. The van der Waals surface area contributed by atoms with Crippen molar-refractivity contribution in [2.45, 2.75) is 104 Å². The van der Waals surface area contributed by atoms with Crippen LogP contribution >= 0.6 is 0 Å². The maximum absolute atomic E-state index is 13.8. The standard InChI is InChI=1S/C29H42O7/c1-6-8-25(34)36-29(23(32)16-35-24(33)7-2)12-10-20-19-13-17(3)21-14-18(30)9-11-27(21,4)26(19)22(31)15-28(20,29)5/h14,17,19-20,22,26,31H,6-13,15-16H2,1-5H3/t17?,19-,20-,22?,26+,27-,28-,29-/m0/s1. The van der Waals surface area contributed by atoms with E-state index in [0.717, 1.165) is 18.4 Å². The lowest BCUT2D eigenvalue weighted by Crippen LogP contribution is -2.63. The second-order valence-corrected chi connectivity index (χ2v) is 12.1. The van der Waals surface area contributed by atoms with Gasteiger partial charge in [0.2, 0.25) is 5.78 Å². The Morgan fingerprint density at radius 1 is 1.14 bits per heavy atom. The number of fused-ring (bicyclic) bond motifs is 5. The minimum atomic E-state index is -1.42. The van der Waals surface area contributed by atoms with E-state index in [-0.39, 0.29) is 53.5 Å². The lowest BCUT2D eigenvalue weighted by molar-refractivity contribution is -0.204. The predicted octanol–water partition coefficient (Wildman–Crippen LogP) is 4.34. The van der Waals surface area contributed by atoms with Crippen molar-refractivity contribution in [2.24, 2.45) is 34.5 Å². The number of carbonyl (C=O) groups is 4. The molecular formula is C29H42O7. The fourth-order valence-corrected chi connectivity index (χ4v) is 8.60. The van der Waals surface area contributed by atoms with Gasteiger partial charge in [0.1, 0.15) is 0 Å². The summed E-state index contributed by atoms with van der Waals surface area (Å²) in [6.07, 6.45) is 5.55. The predicted molar refractivity (Wildman–Crippen MR) is 133 cm³/mol. The number of aliphatic hydroxyl groups excluding tert-OH is 1. The first-order valence-electron chi connectivity index (χ1n) is 13.8.